The molecule has 0 radical (unpaired) electrons. The molecular weight excluding hydrogens is 414 g/mol. The van der Waals surface area contributed by atoms with Crippen LogP contribution in [0.3, 0.4) is 0 Å². The number of carboxylic acid groups (broad SMARTS) is 1. The number of aryl methyl sites for hydroxylation is 2. The molecule has 0 aliphatic carbocycles. The molecule has 1 saturated heterocycles. The number of aromatic nitrogens is 1. The monoisotopic (exact) mass is 445 g/mol. The third kappa shape index (κ3) is 5.56. The van der Waals surface area contributed by atoms with Crippen molar-refractivity contribution in [1.29, 1.82) is 0 Å². The Bertz CT molecular complexity index is 914. The topological polar surface area (TPSA) is 74.7 Å². The number of likely N-dealkylation sites (tertiary alicyclic amines) is 1. The van der Waals surface area contributed by atoms with E-state index in [9.17, 15) is 9.90 Å². The molecule has 3 heterocycles. The molecule has 2 aliphatic rings. The summed E-state index contributed by atoms with van der Waals surface area (Å²) in [4.78, 5) is 18.6. The second-order valence-corrected chi connectivity index (χ2v) is 8.74. The molecule has 0 bridgehead atoms. The number of anilines is 1. The fourth-order valence-electron chi connectivity index (χ4n) is 4.47. The third-order valence-electron chi connectivity index (χ3n) is 6.11. The van der Waals surface area contributed by atoms with E-state index in [0.717, 1.165) is 50.2 Å². The van der Waals surface area contributed by atoms with Gasteiger partial charge in [0.25, 0.3) is 0 Å². The van der Waals surface area contributed by atoms with Crippen LogP contribution in [0.25, 0.3) is 0 Å². The third-order valence-corrected chi connectivity index (χ3v) is 6.45. The van der Waals surface area contributed by atoms with Crippen molar-refractivity contribution in [3.63, 3.8) is 0 Å². The van der Waals surface area contributed by atoms with Gasteiger partial charge in [-0.1, -0.05) is 35.9 Å². The lowest BCUT2D eigenvalue weighted by molar-refractivity contribution is -0.143. The molecule has 0 spiro atoms. The number of nitrogens with one attached hydrogen (secondary N) is 1. The molecule has 1 aromatic carbocycles. The van der Waals surface area contributed by atoms with Gasteiger partial charge in [0.05, 0.1) is 6.10 Å². The molecule has 6 nitrogen and oxygen atoms in total. The number of nitrogens with zero attached hydrogens (tertiary/aromatic N) is 2. The minimum atomic E-state index is -0.874. The number of aliphatic carboxylic acids is 1. The lowest BCUT2D eigenvalue weighted by Crippen LogP contribution is -2.33. The highest BCUT2D eigenvalue weighted by Gasteiger charge is 2.34. The van der Waals surface area contributed by atoms with Crippen LogP contribution in [-0.4, -0.2) is 53.3 Å². The van der Waals surface area contributed by atoms with Gasteiger partial charge in [0, 0.05) is 38.4 Å². The number of pyridine rings is 1. The summed E-state index contributed by atoms with van der Waals surface area (Å²) >= 11 is 6.26. The number of fused-ring (bicyclic) bond motifs is 1. The van der Waals surface area contributed by atoms with Crippen molar-refractivity contribution in [2.75, 3.05) is 31.6 Å². The molecular formula is C24H32ClN3O3. The maximum Gasteiger partial charge on any atom is 0.325 e. The quantitative estimate of drug-likeness (QED) is 0.550. The Morgan fingerprint density at radius 1 is 1.32 bits per heavy atom. The molecule has 2 aliphatic heterocycles. The van der Waals surface area contributed by atoms with Crippen molar-refractivity contribution in [3.05, 3.63) is 58.2 Å². The Kier molecular flexibility index (Phi) is 7.43. The fourth-order valence-corrected chi connectivity index (χ4v) is 4.71. The summed E-state index contributed by atoms with van der Waals surface area (Å²) in [6.07, 6.45) is 6.14. The Balaban J connectivity index is 0.00000289. The van der Waals surface area contributed by atoms with Gasteiger partial charge >= 0.3 is 5.97 Å². The van der Waals surface area contributed by atoms with E-state index < -0.39 is 12.0 Å². The second kappa shape index (κ2) is 10.4. The average Bonchev–Trinajstić information content (AvgIpc) is 3.23. The van der Waals surface area contributed by atoms with Crippen molar-refractivity contribution in [2.24, 2.45) is 0 Å². The predicted molar refractivity (Wildman–Crippen MR) is 124 cm³/mol. The molecule has 1 unspecified atom stereocenters. The Morgan fingerprint density at radius 3 is 3.03 bits per heavy atom. The number of rotatable bonds is 9. The number of ether oxygens (including phenoxy) is 1. The molecule has 1 aromatic heterocycles. The van der Waals surface area contributed by atoms with Crippen LogP contribution in [0, 0.1) is 0 Å². The molecule has 0 saturated carbocycles. The summed E-state index contributed by atoms with van der Waals surface area (Å²) < 4.78 is 6.06. The maximum absolute atomic E-state index is 11.9. The maximum atomic E-state index is 11.9. The molecule has 2 N–H and O–H groups in total. The van der Waals surface area contributed by atoms with Crippen LogP contribution in [0.1, 0.15) is 50.0 Å². The average molecular weight is 446 g/mol. The van der Waals surface area contributed by atoms with E-state index in [1.54, 1.807) is 12.1 Å². The summed E-state index contributed by atoms with van der Waals surface area (Å²) in [6, 6.07) is 10.8. The van der Waals surface area contributed by atoms with Crippen molar-refractivity contribution in [3.8, 4) is 0 Å². The SMILES string of the molecule is O=C(O)C(c1ccccc1Cl)N1CC[C@@H](OCCCCc2ccc3c(n2)NCCC3)C1.[HH]. The van der Waals surface area contributed by atoms with Gasteiger partial charge in [-0.3, -0.25) is 9.69 Å². The first-order chi connectivity index (χ1) is 15.1. The summed E-state index contributed by atoms with van der Waals surface area (Å²) in [6.45, 7) is 3.00. The van der Waals surface area contributed by atoms with Gasteiger partial charge in [-0.2, -0.15) is 0 Å². The second-order valence-electron chi connectivity index (χ2n) is 8.34. The number of unbranched alkanes of at least 4 members (excludes halogenated alkanes) is 1. The minimum Gasteiger partial charge on any atom is -0.480 e. The molecule has 2 atom stereocenters. The number of hydrogen-bond acceptors (Lipinski definition) is 5. The lowest BCUT2D eigenvalue weighted by atomic mass is 10.1. The lowest BCUT2D eigenvalue weighted by Gasteiger charge is -2.25. The first-order valence-electron chi connectivity index (χ1n) is 11.2. The molecule has 0 amide bonds. The van der Waals surface area contributed by atoms with Gasteiger partial charge in [-0.25, -0.2) is 4.98 Å². The molecule has 31 heavy (non-hydrogen) atoms. The van der Waals surface area contributed by atoms with Crippen molar-refractivity contribution in [2.45, 2.75) is 50.7 Å². The smallest absolute Gasteiger partial charge is 0.325 e. The summed E-state index contributed by atoms with van der Waals surface area (Å²) in [5.74, 6) is 0.179. The summed E-state index contributed by atoms with van der Waals surface area (Å²) in [7, 11) is 0. The number of hydrogen-bond donors (Lipinski definition) is 2. The van der Waals surface area contributed by atoms with Gasteiger partial charge < -0.3 is 15.2 Å². The highest BCUT2D eigenvalue weighted by molar-refractivity contribution is 6.31. The Labute approximate surface area is 190 Å². The van der Waals surface area contributed by atoms with Gasteiger partial charge in [-0.15, -0.1) is 0 Å². The minimum absolute atomic E-state index is 0. The fraction of sp³-hybridized carbons (Fsp3) is 0.500. The van der Waals surface area contributed by atoms with Gasteiger partial charge in [0.2, 0.25) is 0 Å². The van der Waals surface area contributed by atoms with E-state index in [4.69, 9.17) is 21.3 Å². The van der Waals surface area contributed by atoms with Crippen molar-refractivity contribution >= 4 is 23.4 Å². The molecule has 2 aromatic rings. The number of carboxylic acids is 1. The molecule has 4 rings (SSSR count). The molecule has 1 fully saturated rings. The zero-order chi connectivity index (χ0) is 21.6. The predicted octanol–water partition coefficient (Wildman–Crippen LogP) is 4.58. The Hall–Kier alpha value is -2.15. The standard InChI is InChI=1S/C24H30ClN3O3.H2/c25-21-9-2-1-8-20(21)22(24(29)30)28-14-12-19(16-28)31-15-4-3-7-18-11-10-17-6-5-13-26-23(17)27-18;/h1-2,8-11,19,22H,3-7,12-16H2,(H,26,27)(H,29,30);1H/t19-,22?;/m1./s1. The van der Waals surface area contributed by atoms with E-state index >= 15 is 0 Å². The zero-order valence-corrected chi connectivity index (χ0v) is 18.5. The number of benzene rings is 1. The van der Waals surface area contributed by atoms with E-state index in [1.807, 2.05) is 17.0 Å². The highest BCUT2D eigenvalue weighted by Crippen LogP contribution is 2.31. The number of halogens is 1. The highest BCUT2D eigenvalue weighted by atomic mass is 35.5. The van der Waals surface area contributed by atoms with E-state index in [1.165, 1.54) is 12.0 Å². The molecule has 7 heteroatoms. The van der Waals surface area contributed by atoms with Crippen LogP contribution < -0.4 is 5.32 Å². The first kappa shape index (κ1) is 22.1. The van der Waals surface area contributed by atoms with Crippen LogP contribution in [0.5, 0.6) is 0 Å². The normalized spacial score (nSPS) is 19.6. The largest absolute Gasteiger partial charge is 0.480 e. The summed E-state index contributed by atoms with van der Waals surface area (Å²) in [5, 5.41) is 13.7. The van der Waals surface area contributed by atoms with Crippen LogP contribution in [-0.2, 0) is 22.4 Å². The zero-order valence-electron chi connectivity index (χ0n) is 17.7. The van der Waals surface area contributed by atoms with Crippen LogP contribution in [0.4, 0.5) is 5.82 Å². The Morgan fingerprint density at radius 2 is 2.19 bits per heavy atom. The van der Waals surface area contributed by atoms with E-state index in [0.29, 0.717) is 30.3 Å². The van der Waals surface area contributed by atoms with Gasteiger partial charge in [-0.05, 0) is 61.8 Å². The van der Waals surface area contributed by atoms with Crippen LogP contribution >= 0.6 is 11.6 Å². The van der Waals surface area contributed by atoms with E-state index in [-0.39, 0.29) is 7.53 Å². The molecule has 168 valence electrons. The van der Waals surface area contributed by atoms with Crippen LogP contribution in [0.15, 0.2) is 36.4 Å². The first-order valence-corrected chi connectivity index (χ1v) is 11.5. The number of carbonyl (C=O) groups is 1. The van der Waals surface area contributed by atoms with E-state index in [2.05, 4.69) is 17.4 Å². The van der Waals surface area contributed by atoms with Gasteiger partial charge in [0.1, 0.15) is 11.9 Å². The van der Waals surface area contributed by atoms with Crippen molar-refractivity contribution in [1.82, 2.24) is 9.88 Å². The van der Waals surface area contributed by atoms with Crippen molar-refractivity contribution < 1.29 is 16.1 Å². The summed E-state index contributed by atoms with van der Waals surface area (Å²) in [5.41, 5.74) is 3.09. The van der Waals surface area contributed by atoms with Crippen LogP contribution in [0.2, 0.25) is 5.02 Å². The van der Waals surface area contributed by atoms with Gasteiger partial charge in [0.15, 0.2) is 0 Å².